The number of hydrogen-bond donors (Lipinski definition) is 1. The maximum absolute atomic E-state index is 13.9. The van der Waals surface area contributed by atoms with Crippen molar-refractivity contribution in [2.45, 2.75) is 72.8 Å². The minimum atomic E-state index is -1.17. The standard InChI is InChI=1S/C33H39NO6/c1-21(2)40-29(22(3)35)27(19-24-16-17-25-14-10-11-15-26(25)18-24)31(37)34-30(33(4,5)6)28(36)32(38)39-20-23-12-8-7-9-13-23/h7-18,21,27,29-30H,19-20H2,1-6H3,(H,34,37)/t27-,29-,30-/m1/s1. The second-order valence-electron chi connectivity index (χ2n) is 11.4. The third kappa shape index (κ3) is 8.33. The zero-order valence-corrected chi connectivity index (χ0v) is 24.1. The Morgan fingerprint density at radius 2 is 1.45 bits per heavy atom. The molecular weight excluding hydrogens is 506 g/mol. The highest BCUT2D eigenvalue weighted by Crippen LogP contribution is 2.25. The zero-order chi connectivity index (χ0) is 29.4. The lowest BCUT2D eigenvalue weighted by molar-refractivity contribution is -0.158. The molecule has 0 bridgehead atoms. The topological polar surface area (TPSA) is 98.8 Å². The molecule has 40 heavy (non-hydrogen) atoms. The highest BCUT2D eigenvalue weighted by atomic mass is 16.5. The molecule has 3 atom stereocenters. The fourth-order valence-electron chi connectivity index (χ4n) is 4.56. The van der Waals surface area contributed by atoms with Crippen LogP contribution < -0.4 is 5.32 Å². The number of ketones is 2. The average molecular weight is 546 g/mol. The van der Waals surface area contributed by atoms with Gasteiger partial charge in [0, 0.05) is 0 Å². The first kappa shape index (κ1) is 30.7. The quantitative estimate of drug-likeness (QED) is 0.247. The van der Waals surface area contributed by atoms with Crippen LogP contribution in [0.5, 0.6) is 0 Å². The molecule has 7 heteroatoms. The van der Waals surface area contributed by atoms with E-state index in [1.165, 1.54) is 6.92 Å². The van der Waals surface area contributed by atoms with Gasteiger partial charge in [-0.1, -0.05) is 93.6 Å². The summed E-state index contributed by atoms with van der Waals surface area (Å²) in [7, 11) is 0. The molecule has 0 radical (unpaired) electrons. The van der Waals surface area contributed by atoms with E-state index >= 15 is 0 Å². The number of carbonyl (C=O) groups is 4. The van der Waals surface area contributed by atoms with Crippen molar-refractivity contribution in [2.24, 2.45) is 11.3 Å². The van der Waals surface area contributed by atoms with Gasteiger partial charge in [0.25, 0.3) is 5.78 Å². The Balaban J connectivity index is 1.87. The van der Waals surface area contributed by atoms with E-state index in [0.29, 0.717) is 0 Å². The van der Waals surface area contributed by atoms with Gasteiger partial charge in [0.05, 0.1) is 12.0 Å². The molecule has 0 fully saturated rings. The molecule has 3 rings (SSSR count). The molecule has 0 aliphatic rings. The number of hydrogen-bond acceptors (Lipinski definition) is 6. The number of esters is 1. The first-order valence-corrected chi connectivity index (χ1v) is 13.6. The molecule has 7 nitrogen and oxygen atoms in total. The Labute approximate surface area is 236 Å². The van der Waals surface area contributed by atoms with Crippen molar-refractivity contribution in [3.8, 4) is 0 Å². The highest BCUT2D eigenvalue weighted by molar-refractivity contribution is 6.36. The normalized spacial score (nSPS) is 13.9. The highest BCUT2D eigenvalue weighted by Gasteiger charge is 2.41. The molecule has 0 aliphatic carbocycles. The second-order valence-corrected chi connectivity index (χ2v) is 11.4. The zero-order valence-electron chi connectivity index (χ0n) is 24.1. The van der Waals surface area contributed by atoms with Crippen LogP contribution in [0.1, 0.15) is 52.7 Å². The number of fused-ring (bicyclic) bond motifs is 1. The van der Waals surface area contributed by atoms with Crippen molar-refractivity contribution in [1.82, 2.24) is 5.32 Å². The maximum atomic E-state index is 13.9. The predicted octanol–water partition coefficient (Wildman–Crippen LogP) is 5.22. The summed E-state index contributed by atoms with van der Waals surface area (Å²) >= 11 is 0. The van der Waals surface area contributed by atoms with E-state index in [-0.39, 0.29) is 24.9 Å². The lowest BCUT2D eigenvalue weighted by Gasteiger charge is -2.33. The van der Waals surface area contributed by atoms with Crippen LogP contribution in [0.4, 0.5) is 0 Å². The Morgan fingerprint density at radius 3 is 2.05 bits per heavy atom. The van der Waals surface area contributed by atoms with Crippen LogP contribution in [-0.2, 0) is 41.7 Å². The van der Waals surface area contributed by atoms with Crippen molar-refractivity contribution in [1.29, 1.82) is 0 Å². The van der Waals surface area contributed by atoms with Gasteiger partial charge in [-0.2, -0.15) is 0 Å². The smallest absolute Gasteiger partial charge is 0.377 e. The summed E-state index contributed by atoms with van der Waals surface area (Å²) in [4.78, 5) is 52.6. The summed E-state index contributed by atoms with van der Waals surface area (Å²) < 4.78 is 11.2. The Bertz CT molecular complexity index is 1340. The van der Waals surface area contributed by atoms with Crippen LogP contribution in [0.2, 0.25) is 0 Å². The van der Waals surface area contributed by atoms with Gasteiger partial charge in [-0.25, -0.2) is 4.79 Å². The minimum Gasteiger partial charge on any atom is -0.455 e. The van der Waals surface area contributed by atoms with E-state index in [1.807, 2.05) is 60.7 Å². The molecule has 0 saturated carbocycles. The molecule has 0 aliphatic heterocycles. The summed E-state index contributed by atoms with van der Waals surface area (Å²) in [6.07, 6.45) is -1.14. The summed E-state index contributed by atoms with van der Waals surface area (Å²) in [5.74, 6) is -3.66. The van der Waals surface area contributed by atoms with Crippen molar-refractivity contribution in [3.05, 3.63) is 83.9 Å². The predicted molar refractivity (Wildman–Crippen MR) is 154 cm³/mol. The molecule has 3 aromatic rings. The van der Waals surface area contributed by atoms with Gasteiger partial charge in [0.2, 0.25) is 5.91 Å². The number of benzene rings is 3. The van der Waals surface area contributed by atoms with Crippen LogP contribution in [-0.4, -0.2) is 41.7 Å². The van der Waals surface area contributed by atoms with E-state index in [1.54, 1.807) is 46.8 Å². The number of nitrogens with one attached hydrogen (secondary N) is 1. The van der Waals surface area contributed by atoms with E-state index in [0.717, 1.165) is 21.9 Å². The molecule has 1 amide bonds. The maximum Gasteiger partial charge on any atom is 0.377 e. The fourth-order valence-corrected chi connectivity index (χ4v) is 4.56. The van der Waals surface area contributed by atoms with Gasteiger partial charge in [-0.05, 0) is 54.5 Å². The van der Waals surface area contributed by atoms with Gasteiger partial charge in [-0.15, -0.1) is 0 Å². The molecular formula is C33H39NO6. The molecule has 3 aromatic carbocycles. The summed E-state index contributed by atoms with van der Waals surface area (Å²) in [5.41, 5.74) is 0.778. The number of carbonyl (C=O) groups excluding carboxylic acids is 4. The third-order valence-electron chi connectivity index (χ3n) is 6.62. The number of Topliss-reactive ketones (excluding diaryl/α,β-unsaturated/α-hetero) is 2. The molecule has 0 saturated heterocycles. The van der Waals surface area contributed by atoms with Crippen LogP contribution in [0.25, 0.3) is 10.8 Å². The van der Waals surface area contributed by atoms with E-state index in [2.05, 4.69) is 5.32 Å². The first-order valence-electron chi connectivity index (χ1n) is 13.6. The molecule has 1 N–H and O–H groups in total. The van der Waals surface area contributed by atoms with Crippen LogP contribution in [0, 0.1) is 11.3 Å². The summed E-state index contributed by atoms with van der Waals surface area (Å²) in [5, 5.41) is 4.84. The van der Waals surface area contributed by atoms with Gasteiger partial charge in [0.15, 0.2) is 5.78 Å². The average Bonchev–Trinajstić information content (AvgIpc) is 2.91. The number of ether oxygens (including phenoxy) is 2. The van der Waals surface area contributed by atoms with E-state index < -0.39 is 41.1 Å². The van der Waals surface area contributed by atoms with Crippen molar-refractivity contribution >= 4 is 34.2 Å². The molecule has 212 valence electrons. The Hall–Kier alpha value is -3.84. The van der Waals surface area contributed by atoms with Crippen LogP contribution in [0.3, 0.4) is 0 Å². The Kier molecular flexibility index (Phi) is 10.3. The molecule has 0 spiro atoms. The Morgan fingerprint density at radius 1 is 0.825 bits per heavy atom. The number of amides is 1. The lowest BCUT2D eigenvalue weighted by atomic mass is 9.82. The van der Waals surface area contributed by atoms with Crippen LogP contribution in [0.15, 0.2) is 72.8 Å². The molecule has 0 heterocycles. The van der Waals surface area contributed by atoms with Crippen LogP contribution >= 0.6 is 0 Å². The van der Waals surface area contributed by atoms with Crippen molar-refractivity contribution in [2.75, 3.05) is 0 Å². The SMILES string of the molecule is CC(=O)[C@@H](OC(C)C)[C@@H](Cc1ccc2ccccc2c1)C(=O)N[C@H](C(=O)C(=O)OCc1ccccc1)C(C)(C)C. The van der Waals surface area contributed by atoms with Gasteiger partial charge in [0.1, 0.15) is 18.8 Å². The molecule has 0 aromatic heterocycles. The first-order chi connectivity index (χ1) is 18.9. The number of rotatable bonds is 12. The third-order valence-corrected chi connectivity index (χ3v) is 6.62. The van der Waals surface area contributed by atoms with Crippen molar-refractivity contribution < 1.29 is 28.7 Å². The second kappa shape index (κ2) is 13.5. The van der Waals surface area contributed by atoms with E-state index in [4.69, 9.17) is 9.47 Å². The lowest BCUT2D eigenvalue weighted by Crippen LogP contribution is -2.55. The largest absolute Gasteiger partial charge is 0.455 e. The monoisotopic (exact) mass is 545 g/mol. The van der Waals surface area contributed by atoms with Gasteiger partial charge < -0.3 is 14.8 Å². The van der Waals surface area contributed by atoms with E-state index in [9.17, 15) is 19.2 Å². The van der Waals surface area contributed by atoms with Gasteiger partial charge in [-0.3, -0.25) is 14.4 Å². The van der Waals surface area contributed by atoms with Gasteiger partial charge >= 0.3 is 5.97 Å². The summed E-state index contributed by atoms with van der Waals surface area (Å²) in [6, 6.07) is 21.6. The van der Waals surface area contributed by atoms with Crippen molar-refractivity contribution in [3.63, 3.8) is 0 Å². The molecule has 0 unspecified atom stereocenters. The minimum absolute atomic E-state index is 0.0601. The summed E-state index contributed by atoms with van der Waals surface area (Å²) in [6.45, 7) is 10.2. The fraction of sp³-hybridized carbons (Fsp3) is 0.394.